The lowest BCUT2D eigenvalue weighted by Crippen LogP contribution is -2.43. The summed E-state index contributed by atoms with van der Waals surface area (Å²) < 4.78 is 27.3. The van der Waals surface area contributed by atoms with Crippen LogP contribution in [0.2, 0.25) is 0 Å². The molecular weight excluding hydrogens is 376 g/mol. The van der Waals surface area contributed by atoms with Gasteiger partial charge in [0.25, 0.3) is 5.91 Å². The van der Waals surface area contributed by atoms with Crippen molar-refractivity contribution < 1.29 is 18.4 Å². The third kappa shape index (κ3) is 5.60. The van der Waals surface area contributed by atoms with Crippen LogP contribution in [0.15, 0.2) is 42.5 Å². The number of hydrogen-bond acceptors (Lipinski definition) is 3. The molecule has 2 aromatic carbocycles. The topological polar surface area (TPSA) is 75.4 Å². The largest absolute Gasteiger partial charge is 0.331 e. The van der Waals surface area contributed by atoms with Crippen LogP contribution in [-0.4, -0.2) is 28.8 Å². The second-order valence-corrected chi connectivity index (χ2v) is 7.54. The Labute approximate surface area is 168 Å². The standard InChI is InChI=1S/C22H25F2N3O2/c1-14(28)26-20-6-2-15(3-7-20)13-27(21-8-4-19(25)5-9-21)22(29)16-10-17(23)12-18(24)11-16/h2-3,6-7,10-12,19,21H,4-5,8-9,13,25H2,1H3,(H,26,28). The minimum absolute atomic E-state index is 0.00719. The molecule has 3 rings (SSSR count). The van der Waals surface area contributed by atoms with Crippen LogP contribution in [0, 0.1) is 11.6 Å². The van der Waals surface area contributed by atoms with Crippen LogP contribution in [-0.2, 0) is 11.3 Å². The Morgan fingerprint density at radius 3 is 2.17 bits per heavy atom. The van der Waals surface area contributed by atoms with Gasteiger partial charge in [-0.1, -0.05) is 12.1 Å². The predicted octanol–water partition coefficient (Wildman–Crippen LogP) is 3.84. The monoisotopic (exact) mass is 401 g/mol. The van der Waals surface area contributed by atoms with Crippen molar-refractivity contribution in [1.82, 2.24) is 4.90 Å². The molecule has 2 amide bonds. The molecule has 5 nitrogen and oxygen atoms in total. The normalized spacial score (nSPS) is 18.9. The molecule has 0 aliphatic heterocycles. The predicted molar refractivity (Wildman–Crippen MR) is 107 cm³/mol. The summed E-state index contributed by atoms with van der Waals surface area (Å²) in [5.41, 5.74) is 7.51. The number of anilines is 1. The van der Waals surface area contributed by atoms with Gasteiger partial charge in [0, 0.05) is 42.9 Å². The molecule has 0 unspecified atom stereocenters. The fraction of sp³-hybridized carbons (Fsp3) is 0.364. The molecule has 1 aliphatic rings. The minimum Gasteiger partial charge on any atom is -0.331 e. The lowest BCUT2D eigenvalue weighted by atomic mass is 9.90. The third-order valence-corrected chi connectivity index (χ3v) is 5.18. The van der Waals surface area contributed by atoms with E-state index in [1.807, 2.05) is 12.1 Å². The number of halogens is 2. The summed E-state index contributed by atoms with van der Waals surface area (Å²) in [5, 5.41) is 2.70. The molecule has 0 bridgehead atoms. The number of nitrogens with one attached hydrogen (secondary N) is 1. The number of hydrogen-bond donors (Lipinski definition) is 2. The highest BCUT2D eigenvalue weighted by Crippen LogP contribution is 2.26. The molecule has 0 heterocycles. The van der Waals surface area contributed by atoms with Crippen molar-refractivity contribution in [3.63, 3.8) is 0 Å². The summed E-state index contributed by atoms with van der Waals surface area (Å²) in [5.74, 6) is -2.13. The molecule has 0 spiro atoms. The van der Waals surface area contributed by atoms with E-state index in [1.165, 1.54) is 6.92 Å². The maximum Gasteiger partial charge on any atom is 0.254 e. The van der Waals surface area contributed by atoms with Gasteiger partial charge in [-0.05, 0) is 55.5 Å². The average molecular weight is 401 g/mol. The zero-order valence-corrected chi connectivity index (χ0v) is 16.3. The van der Waals surface area contributed by atoms with Gasteiger partial charge >= 0.3 is 0 Å². The summed E-state index contributed by atoms with van der Waals surface area (Å²) in [6, 6.07) is 10.1. The number of rotatable bonds is 5. The zero-order chi connectivity index (χ0) is 21.0. The SMILES string of the molecule is CC(=O)Nc1ccc(CN(C(=O)c2cc(F)cc(F)c2)C2CCC(N)CC2)cc1. The van der Waals surface area contributed by atoms with Crippen molar-refractivity contribution in [2.75, 3.05) is 5.32 Å². The molecule has 0 saturated heterocycles. The van der Waals surface area contributed by atoms with E-state index in [0.29, 0.717) is 12.2 Å². The average Bonchev–Trinajstić information content (AvgIpc) is 2.66. The van der Waals surface area contributed by atoms with E-state index in [9.17, 15) is 18.4 Å². The molecule has 1 aliphatic carbocycles. The zero-order valence-electron chi connectivity index (χ0n) is 16.3. The third-order valence-electron chi connectivity index (χ3n) is 5.18. The van der Waals surface area contributed by atoms with E-state index < -0.39 is 17.5 Å². The molecule has 2 aromatic rings. The number of nitrogens with zero attached hydrogens (tertiary/aromatic N) is 1. The second-order valence-electron chi connectivity index (χ2n) is 7.54. The van der Waals surface area contributed by atoms with Crippen molar-refractivity contribution in [2.24, 2.45) is 5.73 Å². The molecule has 0 aromatic heterocycles. The van der Waals surface area contributed by atoms with Crippen LogP contribution in [0.4, 0.5) is 14.5 Å². The molecule has 7 heteroatoms. The van der Waals surface area contributed by atoms with E-state index in [-0.39, 0.29) is 23.6 Å². The molecule has 154 valence electrons. The highest BCUT2D eigenvalue weighted by atomic mass is 19.1. The van der Waals surface area contributed by atoms with E-state index >= 15 is 0 Å². The van der Waals surface area contributed by atoms with Crippen LogP contribution < -0.4 is 11.1 Å². The molecular formula is C22H25F2N3O2. The lowest BCUT2D eigenvalue weighted by Gasteiger charge is -2.36. The summed E-state index contributed by atoms with van der Waals surface area (Å²) in [6.45, 7) is 1.73. The first-order valence-electron chi connectivity index (χ1n) is 9.71. The van der Waals surface area contributed by atoms with Gasteiger partial charge in [-0.15, -0.1) is 0 Å². The summed E-state index contributed by atoms with van der Waals surface area (Å²) in [7, 11) is 0. The Morgan fingerprint density at radius 1 is 1.03 bits per heavy atom. The van der Waals surface area contributed by atoms with Gasteiger partial charge < -0.3 is 16.0 Å². The highest BCUT2D eigenvalue weighted by Gasteiger charge is 2.29. The van der Waals surface area contributed by atoms with Crippen LogP contribution in [0.3, 0.4) is 0 Å². The highest BCUT2D eigenvalue weighted by molar-refractivity contribution is 5.94. The van der Waals surface area contributed by atoms with Gasteiger partial charge in [0.05, 0.1) is 0 Å². The van der Waals surface area contributed by atoms with E-state index in [1.54, 1.807) is 17.0 Å². The Morgan fingerprint density at radius 2 is 1.62 bits per heavy atom. The Bertz CT molecular complexity index is 858. The van der Waals surface area contributed by atoms with Crippen LogP contribution in [0.25, 0.3) is 0 Å². The van der Waals surface area contributed by atoms with Gasteiger partial charge in [-0.2, -0.15) is 0 Å². The van der Waals surface area contributed by atoms with Crippen LogP contribution in [0.1, 0.15) is 48.5 Å². The van der Waals surface area contributed by atoms with E-state index in [0.717, 1.165) is 49.4 Å². The molecule has 3 N–H and O–H groups in total. The van der Waals surface area contributed by atoms with Crippen molar-refractivity contribution in [2.45, 2.75) is 51.2 Å². The first-order chi connectivity index (χ1) is 13.8. The first kappa shape index (κ1) is 20.9. The van der Waals surface area contributed by atoms with Crippen molar-refractivity contribution in [3.8, 4) is 0 Å². The number of benzene rings is 2. The Balaban J connectivity index is 1.84. The van der Waals surface area contributed by atoms with Crippen molar-refractivity contribution in [1.29, 1.82) is 0 Å². The van der Waals surface area contributed by atoms with E-state index in [4.69, 9.17) is 5.73 Å². The molecule has 1 saturated carbocycles. The maximum absolute atomic E-state index is 13.7. The van der Waals surface area contributed by atoms with Gasteiger partial charge in [-0.25, -0.2) is 8.78 Å². The van der Waals surface area contributed by atoms with E-state index in [2.05, 4.69) is 5.32 Å². The smallest absolute Gasteiger partial charge is 0.254 e. The molecule has 1 fully saturated rings. The van der Waals surface area contributed by atoms with Crippen LogP contribution >= 0.6 is 0 Å². The summed E-state index contributed by atoms with van der Waals surface area (Å²) in [6.07, 6.45) is 3.09. The van der Waals surface area contributed by atoms with Gasteiger partial charge in [0.1, 0.15) is 11.6 Å². The minimum atomic E-state index is -0.779. The first-order valence-corrected chi connectivity index (χ1v) is 9.71. The van der Waals surface area contributed by atoms with Gasteiger partial charge in [-0.3, -0.25) is 9.59 Å². The molecule has 0 atom stereocenters. The summed E-state index contributed by atoms with van der Waals surface area (Å²) in [4.78, 5) is 26.0. The number of carbonyl (C=O) groups excluding carboxylic acids is 2. The van der Waals surface area contributed by atoms with Crippen LogP contribution in [0.5, 0.6) is 0 Å². The summed E-state index contributed by atoms with van der Waals surface area (Å²) >= 11 is 0. The molecule has 29 heavy (non-hydrogen) atoms. The number of amides is 2. The van der Waals surface area contributed by atoms with Crippen molar-refractivity contribution >= 4 is 17.5 Å². The number of carbonyl (C=O) groups is 2. The Kier molecular flexibility index (Phi) is 6.59. The fourth-order valence-electron chi connectivity index (χ4n) is 3.72. The van der Waals surface area contributed by atoms with Crippen molar-refractivity contribution in [3.05, 3.63) is 65.2 Å². The lowest BCUT2D eigenvalue weighted by molar-refractivity contribution is -0.114. The van der Waals surface area contributed by atoms with Gasteiger partial charge in [0.15, 0.2) is 0 Å². The quantitative estimate of drug-likeness (QED) is 0.799. The second kappa shape index (κ2) is 9.13. The van der Waals surface area contributed by atoms with Gasteiger partial charge in [0.2, 0.25) is 5.91 Å². The molecule has 0 radical (unpaired) electrons. The fourth-order valence-corrected chi connectivity index (χ4v) is 3.72. The Hall–Kier alpha value is -2.80. The number of nitrogens with two attached hydrogens (primary N) is 1. The maximum atomic E-state index is 13.7.